The van der Waals surface area contributed by atoms with E-state index >= 15 is 0 Å². The molecule has 1 rings (SSSR count). The van der Waals surface area contributed by atoms with Crippen molar-refractivity contribution < 1.29 is 84.2 Å². The zero-order chi connectivity index (χ0) is 29.7. The fourth-order valence-corrected chi connectivity index (χ4v) is 2.36. The summed E-state index contributed by atoms with van der Waals surface area (Å²) in [6.45, 7) is 0.956. The second-order valence-electron chi connectivity index (χ2n) is 6.90. The van der Waals surface area contributed by atoms with Crippen LogP contribution in [-0.4, -0.2) is 60.1 Å². The van der Waals surface area contributed by atoms with Crippen molar-refractivity contribution >= 4 is 11.6 Å². The molecule has 37 heavy (non-hydrogen) atoms. The van der Waals surface area contributed by atoms with Crippen LogP contribution < -0.4 is 10.1 Å². The van der Waals surface area contributed by atoms with Gasteiger partial charge < -0.3 is 10.1 Å². The van der Waals surface area contributed by atoms with Crippen molar-refractivity contribution in [2.75, 3.05) is 11.9 Å². The maximum absolute atomic E-state index is 14.0. The minimum Gasteiger partial charge on any atom is -0.492 e. The number of alkyl halides is 17. The number of benzene rings is 1. The third kappa shape index (κ3) is 4.59. The van der Waals surface area contributed by atoms with Crippen LogP contribution in [0.4, 0.5) is 80.3 Å². The zero-order valence-electron chi connectivity index (χ0n) is 17.3. The standard InChI is InChI=1S/C17H10F17NO2/c1-2-37-8-6-4-3-5-7(8)35-9(36)10(18,19)11(20,21)12(22,23)13(24,25)14(26,27)15(28,29)16(30,31)17(32,33)34/h3-6H,2H2,1H3,(H,35,36). The predicted octanol–water partition coefficient (Wildman–Crippen LogP) is 7.03. The summed E-state index contributed by atoms with van der Waals surface area (Å²) in [5, 5.41) is 0.802. The lowest BCUT2D eigenvalue weighted by Gasteiger charge is -2.42. The van der Waals surface area contributed by atoms with Crippen LogP contribution >= 0.6 is 0 Å². The Labute approximate surface area is 193 Å². The largest absolute Gasteiger partial charge is 0.492 e. The van der Waals surface area contributed by atoms with Gasteiger partial charge in [0.2, 0.25) is 0 Å². The molecule has 0 aromatic heterocycles. The fourth-order valence-electron chi connectivity index (χ4n) is 2.36. The van der Waals surface area contributed by atoms with E-state index in [1.54, 1.807) is 0 Å². The molecule has 0 aliphatic carbocycles. The second-order valence-corrected chi connectivity index (χ2v) is 6.90. The maximum Gasteiger partial charge on any atom is 0.460 e. The predicted molar refractivity (Wildman–Crippen MR) is 86.9 cm³/mol. The Morgan fingerprint density at radius 3 is 1.43 bits per heavy atom. The Morgan fingerprint density at radius 2 is 1.03 bits per heavy atom. The number of rotatable bonds is 10. The summed E-state index contributed by atoms with van der Waals surface area (Å²) in [4.78, 5) is 11.6. The van der Waals surface area contributed by atoms with Gasteiger partial charge in [-0.25, -0.2) is 0 Å². The number of hydrogen-bond donors (Lipinski definition) is 1. The van der Waals surface area contributed by atoms with Gasteiger partial charge in [0.15, 0.2) is 0 Å². The summed E-state index contributed by atoms with van der Waals surface area (Å²) >= 11 is 0. The molecular weight excluding hydrogens is 573 g/mol. The molecule has 0 spiro atoms. The van der Waals surface area contributed by atoms with E-state index in [0.717, 1.165) is 23.5 Å². The Hall–Kier alpha value is -2.70. The maximum atomic E-state index is 14.0. The number of carbonyl (C=O) groups is 1. The highest BCUT2D eigenvalue weighted by Crippen LogP contribution is 2.64. The zero-order valence-corrected chi connectivity index (χ0v) is 17.3. The van der Waals surface area contributed by atoms with E-state index in [4.69, 9.17) is 4.74 Å². The third-order valence-corrected chi connectivity index (χ3v) is 4.44. The van der Waals surface area contributed by atoms with E-state index in [1.165, 1.54) is 6.92 Å². The van der Waals surface area contributed by atoms with Gasteiger partial charge in [0.25, 0.3) is 0 Å². The first-order valence-electron chi connectivity index (χ1n) is 8.94. The minimum atomic E-state index is -8.76. The lowest BCUT2D eigenvalue weighted by Crippen LogP contribution is -2.75. The molecule has 1 N–H and O–H groups in total. The van der Waals surface area contributed by atoms with Gasteiger partial charge in [-0.15, -0.1) is 0 Å². The van der Waals surface area contributed by atoms with E-state index in [9.17, 15) is 79.4 Å². The van der Waals surface area contributed by atoms with Gasteiger partial charge in [0, 0.05) is 0 Å². The summed E-state index contributed by atoms with van der Waals surface area (Å²) < 4.78 is 230. The Kier molecular flexibility index (Phi) is 8.08. The molecule has 20 heteroatoms. The quantitative estimate of drug-likeness (QED) is 0.301. The van der Waals surface area contributed by atoms with Crippen molar-refractivity contribution in [3.8, 4) is 5.75 Å². The van der Waals surface area contributed by atoms with Crippen LogP contribution in [0.3, 0.4) is 0 Å². The highest BCUT2D eigenvalue weighted by Gasteiger charge is 2.95. The molecule has 0 saturated heterocycles. The normalized spacial score (nSPS) is 15.0. The van der Waals surface area contributed by atoms with Crippen molar-refractivity contribution in [1.82, 2.24) is 0 Å². The molecule has 0 fully saturated rings. The molecule has 1 aromatic carbocycles. The Morgan fingerprint density at radius 1 is 0.649 bits per heavy atom. The Bertz CT molecular complexity index is 986. The molecule has 0 heterocycles. The van der Waals surface area contributed by atoms with Gasteiger partial charge in [-0.3, -0.25) is 4.79 Å². The lowest BCUT2D eigenvalue weighted by molar-refractivity contribution is -0.459. The minimum absolute atomic E-state index is 0.296. The monoisotopic (exact) mass is 583 g/mol. The number of anilines is 1. The van der Waals surface area contributed by atoms with Crippen molar-refractivity contribution in [2.45, 2.75) is 54.6 Å². The number of hydrogen-bond acceptors (Lipinski definition) is 2. The number of ether oxygens (including phenoxy) is 1. The molecule has 1 amide bonds. The molecule has 0 aliphatic rings. The van der Waals surface area contributed by atoms with E-state index in [2.05, 4.69) is 0 Å². The molecule has 0 radical (unpaired) electrons. The van der Waals surface area contributed by atoms with Crippen LogP contribution in [0.25, 0.3) is 0 Å². The number of carbonyl (C=O) groups excluding carboxylic acids is 1. The van der Waals surface area contributed by atoms with Gasteiger partial charge in [-0.05, 0) is 19.1 Å². The van der Waals surface area contributed by atoms with Crippen LogP contribution in [0.5, 0.6) is 5.75 Å². The van der Waals surface area contributed by atoms with E-state index in [0.29, 0.717) is 6.07 Å². The number of halogens is 17. The fraction of sp³-hybridized carbons (Fsp3) is 0.588. The van der Waals surface area contributed by atoms with Crippen LogP contribution in [0, 0.1) is 0 Å². The van der Waals surface area contributed by atoms with Gasteiger partial charge >= 0.3 is 53.5 Å². The summed E-state index contributed by atoms with van der Waals surface area (Å²) in [5.74, 6) is -62.5. The molecule has 0 bridgehead atoms. The first-order valence-corrected chi connectivity index (χ1v) is 8.94. The highest BCUT2D eigenvalue weighted by atomic mass is 19.4. The number of amides is 1. The molecular formula is C17H10F17NO2. The molecule has 0 aliphatic heterocycles. The van der Waals surface area contributed by atoms with Crippen LogP contribution in [0.15, 0.2) is 24.3 Å². The van der Waals surface area contributed by atoms with Crippen LogP contribution in [0.1, 0.15) is 6.92 Å². The van der Waals surface area contributed by atoms with E-state index in [1.807, 2.05) is 0 Å². The first-order chi connectivity index (χ1) is 16.2. The third-order valence-electron chi connectivity index (χ3n) is 4.44. The Balaban J connectivity index is 3.59. The molecule has 0 unspecified atom stereocenters. The summed E-state index contributed by atoms with van der Waals surface area (Å²) in [6, 6.07) is 3.43. The van der Waals surface area contributed by atoms with Crippen LogP contribution in [-0.2, 0) is 4.79 Å². The number of nitrogens with one attached hydrogen (secondary N) is 1. The van der Waals surface area contributed by atoms with Gasteiger partial charge in [0.05, 0.1) is 12.3 Å². The number of para-hydroxylation sites is 2. The van der Waals surface area contributed by atoms with Gasteiger partial charge in [0.1, 0.15) is 5.75 Å². The smallest absolute Gasteiger partial charge is 0.460 e. The SMILES string of the molecule is CCOc1ccccc1NC(=O)C(F)(F)C(F)(F)C(F)(F)C(F)(F)C(F)(F)C(F)(F)C(F)(F)C(F)(F)F. The average molecular weight is 583 g/mol. The summed E-state index contributed by atoms with van der Waals surface area (Å²) in [7, 11) is 0. The molecule has 1 aromatic rings. The first kappa shape index (κ1) is 32.3. The van der Waals surface area contributed by atoms with Crippen molar-refractivity contribution in [3.05, 3.63) is 24.3 Å². The van der Waals surface area contributed by atoms with E-state index in [-0.39, 0.29) is 6.61 Å². The highest BCUT2D eigenvalue weighted by molar-refractivity contribution is 5.98. The average Bonchev–Trinajstić information content (AvgIpc) is 2.73. The van der Waals surface area contributed by atoms with Crippen LogP contribution in [0.2, 0.25) is 0 Å². The topological polar surface area (TPSA) is 38.3 Å². The summed E-state index contributed by atoms with van der Waals surface area (Å²) in [6.07, 6.45) is -7.84. The summed E-state index contributed by atoms with van der Waals surface area (Å²) in [5.41, 5.74) is -1.01. The van der Waals surface area contributed by atoms with Crippen molar-refractivity contribution in [3.63, 3.8) is 0 Å². The van der Waals surface area contributed by atoms with Crippen molar-refractivity contribution in [1.29, 1.82) is 0 Å². The van der Waals surface area contributed by atoms with Crippen molar-refractivity contribution in [2.24, 2.45) is 0 Å². The second kappa shape index (κ2) is 9.25. The molecule has 214 valence electrons. The molecule has 0 saturated carbocycles. The van der Waals surface area contributed by atoms with Gasteiger partial charge in [-0.1, -0.05) is 12.1 Å². The molecule has 3 nitrogen and oxygen atoms in total. The van der Waals surface area contributed by atoms with Gasteiger partial charge in [-0.2, -0.15) is 74.6 Å². The van der Waals surface area contributed by atoms with E-state index < -0.39 is 65.0 Å². The molecule has 0 atom stereocenters. The lowest BCUT2D eigenvalue weighted by atomic mass is 9.89.